The van der Waals surface area contributed by atoms with Crippen molar-refractivity contribution < 1.29 is 4.74 Å². The van der Waals surface area contributed by atoms with Crippen LogP contribution in [0.1, 0.15) is 60.4 Å². The van der Waals surface area contributed by atoms with Crippen LogP contribution >= 0.6 is 28.1 Å². The number of nitrogens with one attached hydrogen (secondary N) is 1. The third-order valence-electron chi connectivity index (χ3n) is 7.67. The minimum absolute atomic E-state index is 0.0638. The van der Waals surface area contributed by atoms with Crippen LogP contribution < -0.4 is 15.0 Å². The molecule has 2 unspecified atom stereocenters. The molecule has 0 spiro atoms. The first-order valence-corrected chi connectivity index (χ1v) is 14.4. The predicted octanol–water partition coefficient (Wildman–Crippen LogP) is 7.75. The molecule has 2 aromatic carbocycles. The lowest BCUT2D eigenvalue weighted by atomic mass is 9.96. The van der Waals surface area contributed by atoms with Crippen LogP contribution in [0.25, 0.3) is 5.69 Å². The zero-order chi connectivity index (χ0) is 26.2. The van der Waals surface area contributed by atoms with Crippen LogP contribution in [0.15, 0.2) is 83.5 Å². The Labute approximate surface area is 238 Å². The van der Waals surface area contributed by atoms with Gasteiger partial charge in [0.1, 0.15) is 5.75 Å². The molecule has 38 heavy (non-hydrogen) atoms. The number of thiocarbonyl (C=S) groups is 1. The molecule has 2 atom stereocenters. The summed E-state index contributed by atoms with van der Waals surface area (Å²) in [7, 11) is 0. The van der Waals surface area contributed by atoms with Gasteiger partial charge < -0.3 is 19.5 Å². The van der Waals surface area contributed by atoms with Crippen LogP contribution in [0.5, 0.6) is 5.75 Å². The van der Waals surface area contributed by atoms with Crippen LogP contribution in [0.3, 0.4) is 0 Å². The molecule has 1 saturated heterocycles. The summed E-state index contributed by atoms with van der Waals surface area (Å²) < 4.78 is 9.60. The summed E-state index contributed by atoms with van der Waals surface area (Å²) in [6.07, 6.45) is 6.98. The van der Waals surface area contributed by atoms with Gasteiger partial charge in [-0.1, -0.05) is 28.1 Å². The highest BCUT2D eigenvalue weighted by molar-refractivity contribution is 9.10. The van der Waals surface area contributed by atoms with Gasteiger partial charge in [-0.05, 0) is 118 Å². The first-order chi connectivity index (χ1) is 18.5. The first-order valence-electron chi connectivity index (χ1n) is 13.2. The number of aromatic nitrogens is 2. The van der Waals surface area contributed by atoms with E-state index in [-0.39, 0.29) is 12.1 Å². The number of aryl methyl sites for hydroxylation is 1. The lowest BCUT2D eigenvalue weighted by molar-refractivity contribution is 0.210. The number of hydrogen-bond donors (Lipinski definition) is 1. The Kier molecular flexibility index (Phi) is 6.97. The van der Waals surface area contributed by atoms with E-state index in [0.29, 0.717) is 11.2 Å². The predicted molar refractivity (Wildman–Crippen MR) is 160 cm³/mol. The quantitative estimate of drug-likeness (QED) is 0.234. The van der Waals surface area contributed by atoms with Crippen molar-refractivity contribution in [3.05, 3.63) is 106 Å². The van der Waals surface area contributed by atoms with Gasteiger partial charge >= 0.3 is 0 Å². The zero-order valence-electron chi connectivity index (χ0n) is 21.6. The molecule has 2 fully saturated rings. The van der Waals surface area contributed by atoms with Gasteiger partial charge in [0.15, 0.2) is 5.11 Å². The number of ether oxygens (including phenoxy) is 1. The highest BCUT2D eigenvalue weighted by Crippen LogP contribution is 2.44. The highest BCUT2D eigenvalue weighted by atomic mass is 79.9. The van der Waals surface area contributed by atoms with E-state index in [0.717, 1.165) is 40.1 Å². The molecule has 0 radical (unpaired) electrons. The molecule has 1 saturated carbocycles. The van der Waals surface area contributed by atoms with E-state index in [2.05, 4.69) is 105 Å². The molecule has 6 rings (SSSR count). The Hall–Kier alpha value is -3.16. The average molecular weight is 588 g/mol. The monoisotopic (exact) mass is 586 g/mol. The summed E-state index contributed by atoms with van der Waals surface area (Å²) in [4.78, 5) is 6.95. The third kappa shape index (κ3) is 4.74. The Morgan fingerprint density at radius 3 is 2.45 bits per heavy atom. The van der Waals surface area contributed by atoms with Gasteiger partial charge in [-0.3, -0.25) is 4.98 Å². The van der Waals surface area contributed by atoms with E-state index in [1.54, 1.807) is 0 Å². The SMILES string of the molecule is Cc1cc(C2C(c3ccccn3)NC(=S)N2c2ccc(OC3CCCC3)cc2)c(C)n1-c1cccc(Br)c1. The van der Waals surface area contributed by atoms with Crippen LogP contribution in [0, 0.1) is 13.8 Å². The largest absolute Gasteiger partial charge is 0.490 e. The Bertz CT molecular complexity index is 1450. The van der Waals surface area contributed by atoms with Gasteiger partial charge in [0, 0.05) is 33.4 Å². The van der Waals surface area contributed by atoms with Crippen LogP contribution in [0.4, 0.5) is 5.69 Å². The summed E-state index contributed by atoms with van der Waals surface area (Å²) in [5.74, 6) is 0.921. The second-order valence-electron chi connectivity index (χ2n) is 10.2. The van der Waals surface area contributed by atoms with E-state index < -0.39 is 0 Å². The molecule has 7 heteroatoms. The maximum absolute atomic E-state index is 6.23. The molecule has 1 aliphatic carbocycles. The Morgan fingerprint density at radius 1 is 0.947 bits per heavy atom. The van der Waals surface area contributed by atoms with Crippen molar-refractivity contribution in [2.45, 2.75) is 57.7 Å². The van der Waals surface area contributed by atoms with Gasteiger partial charge in [0.05, 0.1) is 23.9 Å². The van der Waals surface area contributed by atoms with Crippen molar-refractivity contribution in [1.82, 2.24) is 14.9 Å². The zero-order valence-corrected chi connectivity index (χ0v) is 24.0. The Morgan fingerprint density at radius 2 is 1.74 bits per heavy atom. The molecule has 194 valence electrons. The van der Waals surface area contributed by atoms with E-state index >= 15 is 0 Å². The van der Waals surface area contributed by atoms with E-state index in [1.807, 2.05) is 18.3 Å². The standard InChI is InChI=1S/C31H31BrN4OS/c1-20-18-27(21(2)35(20)24-9-7-8-22(32)19-24)30-29(28-12-5-6-17-33-28)34-31(38)36(30)23-13-15-26(16-14-23)37-25-10-3-4-11-25/h5-9,12-19,25,29-30H,3-4,10-11H2,1-2H3,(H,34,38). The summed E-state index contributed by atoms with van der Waals surface area (Å²) in [6, 6.07) is 25.0. The maximum atomic E-state index is 6.23. The van der Waals surface area contributed by atoms with Gasteiger partial charge in [-0.15, -0.1) is 0 Å². The smallest absolute Gasteiger partial charge is 0.174 e. The van der Waals surface area contributed by atoms with Crippen LogP contribution in [-0.2, 0) is 0 Å². The molecule has 5 nitrogen and oxygen atoms in total. The molecule has 2 aromatic heterocycles. The second-order valence-corrected chi connectivity index (χ2v) is 11.5. The molecule has 3 heterocycles. The topological polar surface area (TPSA) is 42.3 Å². The number of nitrogens with zero attached hydrogens (tertiary/aromatic N) is 3. The summed E-state index contributed by atoms with van der Waals surface area (Å²) >= 11 is 9.60. The summed E-state index contributed by atoms with van der Waals surface area (Å²) in [5, 5.41) is 4.29. The average Bonchev–Trinajstić information content (AvgIpc) is 3.63. The number of anilines is 1. The van der Waals surface area contributed by atoms with Crippen molar-refractivity contribution in [2.24, 2.45) is 0 Å². The van der Waals surface area contributed by atoms with Gasteiger partial charge in [0.25, 0.3) is 0 Å². The minimum Gasteiger partial charge on any atom is -0.490 e. The molecule has 0 amide bonds. The minimum atomic E-state index is -0.0884. The number of benzene rings is 2. The van der Waals surface area contributed by atoms with E-state index in [4.69, 9.17) is 21.9 Å². The lowest BCUT2D eigenvalue weighted by Gasteiger charge is -2.28. The number of halogens is 1. The van der Waals surface area contributed by atoms with E-state index in [1.165, 1.54) is 29.8 Å². The van der Waals surface area contributed by atoms with Gasteiger partial charge in [-0.25, -0.2) is 0 Å². The number of rotatable bonds is 6. The lowest BCUT2D eigenvalue weighted by Crippen LogP contribution is -2.29. The molecular weight excluding hydrogens is 556 g/mol. The maximum Gasteiger partial charge on any atom is 0.174 e. The van der Waals surface area contributed by atoms with Gasteiger partial charge in [-0.2, -0.15) is 0 Å². The fraction of sp³-hybridized carbons (Fsp3) is 0.290. The molecule has 0 bridgehead atoms. The van der Waals surface area contributed by atoms with E-state index in [9.17, 15) is 0 Å². The van der Waals surface area contributed by atoms with Gasteiger partial charge in [0.2, 0.25) is 0 Å². The second kappa shape index (κ2) is 10.5. The van der Waals surface area contributed by atoms with Crippen LogP contribution in [0.2, 0.25) is 0 Å². The fourth-order valence-corrected chi connectivity index (χ4v) is 6.67. The molecular formula is C31H31BrN4OS. The molecule has 1 aliphatic heterocycles. The van der Waals surface area contributed by atoms with Crippen molar-refractivity contribution in [1.29, 1.82) is 0 Å². The summed E-state index contributed by atoms with van der Waals surface area (Å²) in [5.41, 5.74) is 6.71. The third-order valence-corrected chi connectivity index (χ3v) is 8.48. The molecule has 4 aromatic rings. The van der Waals surface area contributed by atoms with Crippen molar-refractivity contribution in [3.8, 4) is 11.4 Å². The number of hydrogen-bond acceptors (Lipinski definition) is 3. The summed E-state index contributed by atoms with van der Waals surface area (Å²) in [6.45, 7) is 4.35. The number of pyridine rings is 1. The first kappa shape index (κ1) is 25.1. The fourth-order valence-electron chi connectivity index (χ4n) is 5.93. The van der Waals surface area contributed by atoms with Crippen LogP contribution in [-0.4, -0.2) is 20.8 Å². The Balaban J connectivity index is 1.41. The van der Waals surface area contributed by atoms with Crippen molar-refractivity contribution >= 4 is 38.9 Å². The van der Waals surface area contributed by atoms with Crippen molar-refractivity contribution in [2.75, 3.05) is 4.90 Å². The molecule has 1 N–H and O–H groups in total. The highest BCUT2D eigenvalue weighted by Gasteiger charge is 2.42. The van der Waals surface area contributed by atoms with Crippen molar-refractivity contribution in [3.63, 3.8) is 0 Å². The normalized spacial score (nSPS) is 19.7. The molecule has 2 aliphatic rings.